The van der Waals surface area contributed by atoms with Crippen LogP contribution in [0.1, 0.15) is 64.9 Å². The molecule has 3 unspecified atom stereocenters. The Morgan fingerprint density at radius 3 is 2.77 bits per heavy atom. The largest absolute Gasteiger partial charge is 0.390 e. The molecule has 0 aromatic heterocycles. The average molecular weight is 408 g/mol. The van der Waals surface area contributed by atoms with Gasteiger partial charge in [0.25, 0.3) is 5.91 Å². The summed E-state index contributed by atoms with van der Waals surface area (Å²) in [5.74, 6) is 0.243. The van der Waals surface area contributed by atoms with Crippen molar-refractivity contribution in [1.82, 2.24) is 4.90 Å². The summed E-state index contributed by atoms with van der Waals surface area (Å²) in [4.78, 5) is 20.0. The number of carbonyl (C=O) groups excluding carboxylic acids is 1. The summed E-state index contributed by atoms with van der Waals surface area (Å²) in [6.07, 6.45) is 8.12. The predicted molar refractivity (Wildman–Crippen MR) is 119 cm³/mol. The third-order valence-electron chi connectivity index (χ3n) is 6.37. The first kappa shape index (κ1) is 22.2. The van der Waals surface area contributed by atoms with Crippen LogP contribution in [0.4, 0.5) is 0 Å². The molecule has 1 aliphatic carbocycles. The summed E-state index contributed by atoms with van der Waals surface area (Å²) < 4.78 is 0. The summed E-state index contributed by atoms with van der Waals surface area (Å²) >= 11 is 0. The summed E-state index contributed by atoms with van der Waals surface area (Å²) in [6, 6.07) is 11.6. The molecule has 4 atom stereocenters. The van der Waals surface area contributed by atoms with Crippen LogP contribution in [0.5, 0.6) is 0 Å². The molecule has 0 radical (unpaired) electrons. The normalized spacial score (nSPS) is 32.4. The molecule has 30 heavy (non-hydrogen) atoms. The molecule has 0 bridgehead atoms. The molecule has 1 fully saturated rings. The minimum absolute atomic E-state index is 0.210. The Bertz CT molecular complexity index is 853. The topological polar surface area (TPSA) is 76.7 Å². The highest BCUT2D eigenvalue weighted by Gasteiger charge is 2.44. The third-order valence-corrected chi connectivity index (χ3v) is 6.37. The molecule has 1 aliphatic heterocycles. The number of hydrogen-bond acceptors (Lipinski definition) is 4. The fraction of sp³-hybridized carbons (Fsp3) is 0.560. The average Bonchev–Trinajstić information content (AvgIpc) is 3.15. The number of nitriles is 1. The van der Waals surface area contributed by atoms with E-state index in [1.807, 2.05) is 43.3 Å². The molecule has 1 amide bonds. The van der Waals surface area contributed by atoms with Crippen molar-refractivity contribution in [2.45, 2.75) is 77.5 Å². The lowest BCUT2D eigenvalue weighted by Crippen LogP contribution is -2.48. The van der Waals surface area contributed by atoms with E-state index in [0.717, 1.165) is 24.8 Å². The van der Waals surface area contributed by atoms with Crippen molar-refractivity contribution in [2.75, 3.05) is 0 Å². The minimum Gasteiger partial charge on any atom is -0.390 e. The lowest BCUT2D eigenvalue weighted by molar-refractivity contribution is -0.123. The van der Waals surface area contributed by atoms with Gasteiger partial charge >= 0.3 is 0 Å². The summed E-state index contributed by atoms with van der Waals surface area (Å²) in [6.45, 7) is 6.52. The number of aliphatic hydroxyl groups is 1. The molecule has 1 heterocycles. The van der Waals surface area contributed by atoms with E-state index in [1.54, 1.807) is 6.20 Å². The number of aliphatic imine (C=N–C) groups is 1. The van der Waals surface area contributed by atoms with Crippen molar-refractivity contribution in [1.29, 1.82) is 5.26 Å². The fourth-order valence-electron chi connectivity index (χ4n) is 5.13. The molecule has 2 aliphatic rings. The summed E-state index contributed by atoms with van der Waals surface area (Å²) in [5, 5.41) is 20.6. The van der Waals surface area contributed by atoms with Gasteiger partial charge in [-0.05, 0) is 37.7 Å². The predicted octanol–water partition coefficient (Wildman–Crippen LogP) is 4.62. The summed E-state index contributed by atoms with van der Waals surface area (Å²) in [7, 11) is 0. The van der Waals surface area contributed by atoms with Crippen molar-refractivity contribution >= 4 is 11.6 Å². The van der Waals surface area contributed by atoms with E-state index < -0.39 is 17.1 Å². The van der Waals surface area contributed by atoms with Gasteiger partial charge in [0.05, 0.1) is 18.2 Å². The van der Waals surface area contributed by atoms with Crippen LogP contribution in [0.3, 0.4) is 0 Å². The number of rotatable bonds is 4. The number of nitrogens with zero attached hydrogens (tertiary/aromatic N) is 3. The van der Waals surface area contributed by atoms with Crippen molar-refractivity contribution in [2.24, 2.45) is 16.3 Å². The van der Waals surface area contributed by atoms with Gasteiger partial charge in [-0.15, -0.1) is 0 Å². The molecule has 5 nitrogen and oxygen atoms in total. The van der Waals surface area contributed by atoms with Crippen molar-refractivity contribution < 1.29 is 9.90 Å². The second-order valence-corrected chi connectivity index (χ2v) is 9.56. The van der Waals surface area contributed by atoms with Crippen LogP contribution < -0.4 is 0 Å². The first-order chi connectivity index (χ1) is 14.2. The zero-order valence-electron chi connectivity index (χ0n) is 18.3. The Morgan fingerprint density at radius 2 is 2.07 bits per heavy atom. The van der Waals surface area contributed by atoms with E-state index in [1.165, 1.54) is 4.90 Å². The van der Waals surface area contributed by atoms with Crippen molar-refractivity contribution in [3.63, 3.8) is 0 Å². The van der Waals surface area contributed by atoms with E-state index in [4.69, 9.17) is 4.99 Å². The zero-order valence-corrected chi connectivity index (χ0v) is 18.3. The molecule has 5 heteroatoms. The van der Waals surface area contributed by atoms with Crippen LogP contribution in [0, 0.1) is 22.7 Å². The SMILES string of the molecule is CC1CCCC(C)(C(=NCc2ccccc2)C(=O)N2C=CCC2C#N)C[C@@](C)(O)C1. The van der Waals surface area contributed by atoms with Gasteiger partial charge in [0.15, 0.2) is 0 Å². The lowest BCUT2D eigenvalue weighted by atomic mass is 9.67. The van der Waals surface area contributed by atoms with Crippen molar-refractivity contribution in [3.05, 3.63) is 48.2 Å². The second-order valence-electron chi connectivity index (χ2n) is 9.56. The highest BCUT2D eigenvalue weighted by atomic mass is 16.3. The standard InChI is InChI=1S/C25H33N3O2/c1-19-9-7-13-24(2,18-25(3,30)15-19)22(27-17-20-10-5-4-6-11-20)23(29)28-14-8-12-21(28)16-26/h4-6,8,10-11,14,19,21,30H,7,9,12-13,15,17-18H2,1-3H3/t19?,21?,24?,25-/m0/s1. The molecule has 1 aromatic rings. The van der Waals surface area contributed by atoms with Crippen LogP contribution in [0.15, 0.2) is 47.6 Å². The van der Waals surface area contributed by atoms with E-state index in [-0.39, 0.29) is 5.91 Å². The van der Waals surface area contributed by atoms with Gasteiger partial charge in [-0.1, -0.05) is 63.1 Å². The zero-order chi connectivity index (χ0) is 21.8. The number of hydrogen-bond donors (Lipinski definition) is 1. The smallest absolute Gasteiger partial charge is 0.273 e. The van der Waals surface area contributed by atoms with Gasteiger partial charge in [0, 0.05) is 18.0 Å². The van der Waals surface area contributed by atoms with Crippen LogP contribution in [-0.2, 0) is 11.3 Å². The van der Waals surface area contributed by atoms with Crippen LogP contribution in [0.25, 0.3) is 0 Å². The lowest BCUT2D eigenvalue weighted by Gasteiger charge is -2.41. The van der Waals surface area contributed by atoms with E-state index in [9.17, 15) is 15.2 Å². The highest BCUT2D eigenvalue weighted by molar-refractivity contribution is 6.41. The first-order valence-electron chi connectivity index (χ1n) is 10.9. The van der Waals surface area contributed by atoms with E-state index >= 15 is 0 Å². The van der Waals surface area contributed by atoms with Gasteiger partial charge in [0.2, 0.25) is 0 Å². The molecule has 3 rings (SSSR count). The Hall–Kier alpha value is -2.45. The monoisotopic (exact) mass is 407 g/mol. The van der Waals surface area contributed by atoms with Crippen molar-refractivity contribution in [3.8, 4) is 6.07 Å². The third kappa shape index (κ3) is 5.17. The van der Waals surface area contributed by atoms with Gasteiger partial charge in [-0.3, -0.25) is 14.7 Å². The maximum absolute atomic E-state index is 13.6. The first-order valence-corrected chi connectivity index (χ1v) is 10.9. The Kier molecular flexibility index (Phi) is 6.77. The Morgan fingerprint density at radius 1 is 1.33 bits per heavy atom. The van der Waals surface area contributed by atoms with Gasteiger partial charge in [-0.25, -0.2) is 0 Å². The Labute approximate surface area is 180 Å². The van der Waals surface area contributed by atoms with Gasteiger partial charge < -0.3 is 5.11 Å². The molecular formula is C25H33N3O2. The van der Waals surface area contributed by atoms with Crippen LogP contribution >= 0.6 is 0 Å². The number of amides is 1. The van der Waals surface area contributed by atoms with Crippen LogP contribution in [0.2, 0.25) is 0 Å². The maximum Gasteiger partial charge on any atom is 0.273 e. The van der Waals surface area contributed by atoms with Gasteiger partial charge in [0.1, 0.15) is 11.8 Å². The molecular weight excluding hydrogens is 374 g/mol. The summed E-state index contributed by atoms with van der Waals surface area (Å²) in [5.41, 5.74) is 0.100. The van der Waals surface area contributed by atoms with E-state index in [2.05, 4.69) is 19.9 Å². The highest BCUT2D eigenvalue weighted by Crippen LogP contribution is 2.42. The number of carbonyl (C=O) groups is 1. The maximum atomic E-state index is 13.6. The molecule has 1 aromatic carbocycles. The second kappa shape index (κ2) is 9.14. The van der Waals surface area contributed by atoms with Crippen LogP contribution in [-0.4, -0.2) is 33.3 Å². The van der Waals surface area contributed by atoms with Gasteiger partial charge in [-0.2, -0.15) is 5.26 Å². The molecule has 160 valence electrons. The fourth-order valence-corrected chi connectivity index (χ4v) is 5.13. The van der Waals surface area contributed by atoms with E-state index in [0.29, 0.717) is 37.4 Å². The molecule has 0 saturated heterocycles. The molecule has 1 saturated carbocycles. The molecule has 1 N–H and O–H groups in total. The minimum atomic E-state index is -0.863. The quantitative estimate of drug-likeness (QED) is 0.740. The molecule has 0 spiro atoms. The number of benzene rings is 1. The Balaban J connectivity index is 1.98.